The van der Waals surface area contributed by atoms with Crippen LogP contribution < -0.4 is 0 Å². The highest BCUT2D eigenvalue weighted by Crippen LogP contribution is 2.09. The molecule has 0 aliphatic rings. The van der Waals surface area contributed by atoms with E-state index in [-0.39, 0.29) is 17.9 Å². The molecule has 0 unspecified atom stereocenters. The Morgan fingerprint density at radius 1 is 1.05 bits per heavy atom. The lowest BCUT2D eigenvalue weighted by Gasteiger charge is -2.09. The maximum absolute atomic E-state index is 11.5. The molecule has 0 aromatic rings. The van der Waals surface area contributed by atoms with Crippen molar-refractivity contribution in [1.82, 2.24) is 0 Å². The second-order valence-corrected chi connectivity index (χ2v) is 5.36. The van der Waals surface area contributed by atoms with Gasteiger partial charge < -0.3 is 9.47 Å². The number of rotatable bonds is 9. The first-order chi connectivity index (χ1) is 9.86. The minimum atomic E-state index is -0.266. The first-order valence-electron chi connectivity index (χ1n) is 7.48. The largest absolute Gasteiger partial charge is 0.462 e. The van der Waals surface area contributed by atoms with Crippen LogP contribution in [0.1, 0.15) is 53.9 Å². The summed E-state index contributed by atoms with van der Waals surface area (Å²) in [5.41, 5.74) is 2.23. The van der Waals surface area contributed by atoms with Crippen LogP contribution in [0.5, 0.6) is 0 Å². The van der Waals surface area contributed by atoms with Crippen molar-refractivity contribution >= 4 is 11.9 Å². The smallest absolute Gasteiger partial charge is 0.308 e. The average Bonchev–Trinajstić information content (AvgIpc) is 2.43. The van der Waals surface area contributed by atoms with Gasteiger partial charge in [-0.1, -0.05) is 25.5 Å². The second kappa shape index (κ2) is 11.1. The summed E-state index contributed by atoms with van der Waals surface area (Å²) in [6.45, 7) is 9.90. The number of hydrogen-bond donors (Lipinski definition) is 0. The van der Waals surface area contributed by atoms with E-state index < -0.39 is 0 Å². The Kier molecular flexibility index (Phi) is 10.3. The third-order valence-corrected chi connectivity index (χ3v) is 3.21. The van der Waals surface area contributed by atoms with E-state index in [2.05, 4.69) is 6.08 Å². The lowest BCUT2D eigenvalue weighted by Crippen LogP contribution is -2.14. The molecule has 1 atom stereocenters. The van der Waals surface area contributed by atoms with Gasteiger partial charge in [0.15, 0.2) is 0 Å². The van der Waals surface area contributed by atoms with E-state index in [1.165, 1.54) is 12.5 Å². The van der Waals surface area contributed by atoms with E-state index >= 15 is 0 Å². The fourth-order valence-electron chi connectivity index (χ4n) is 1.50. The highest BCUT2D eigenvalue weighted by Gasteiger charge is 2.11. The molecule has 120 valence electrons. The van der Waals surface area contributed by atoms with Gasteiger partial charge in [-0.15, -0.1) is 0 Å². The Bertz CT molecular complexity index is 394. The summed E-state index contributed by atoms with van der Waals surface area (Å²) < 4.78 is 10.1. The fraction of sp³-hybridized carbons (Fsp3) is 0.647. The molecule has 21 heavy (non-hydrogen) atoms. The van der Waals surface area contributed by atoms with Crippen LogP contribution in [0.15, 0.2) is 23.3 Å². The first-order valence-corrected chi connectivity index (χ1v) is 7.48. The van der Waals surface area contributed by atoms with Crippen LogP contribution in [0.4, 0.5) is 0 Å². The average molecular weight is 296 g/mol. The van der Waals surface area contributed by atoms with Crippen molar-refractivity contribution in [2.45, 2.75) is 53.9 Å². The number of carbonyl (C=O) groups is 2. The number of allylic oxidation sites excluding steroid dienone is 2. The van der Waals surface area contributed by atoms with Crippen LogP contribution in [-0.4, -0.2) is 25.2 Å². The minimum Gasteiger partial charge on any atom is -0.462 e. The van der Waals surface area contributed by atoms with Gasteiger partial charge in [-0.2, -0.15) is 0 Å². The van der Waals surface area contributed by atoms with Gasteiger partial charge in [0.1, 0.15) is 13.2 Å². The fourth-order valence-corrected chi connectivity index (χ4v) is 1.50. The lowest BCUT2D eigenvalue weighted by molar-refractivity contribution is -0.147. The van der Waals surface area contributed by atoms with E-state index in [0.717, 1.165) is 24.8 Å². The van der Waals surface area contributed by atoms with E-state index in [0.29, 0.717) is 13.2 Å². The predicted molar refractivity (Wildman–Crippen MR) is 83.8 cm³/mol. The Morgan fingerprint density at radius 2 is 1.71 bits per heavy atom. The normalized spacial score (nSPS) is 13.8. The molecule has 0 fully saturated rings. The lowest BCUT2D eigenvalue weighted by atomic mass is 10.1. The van der Waals surface area contributed by atoms with E-state index in [9.17, 15) is 9.59 Å². The molecule has 4 heteroatoms. The van der Waals surface area contributed by atoms with Gasteiger partial charge in [0.05, 0.1) is 5.92 Å². The number of hydrogen-bond acceptors (Lipinski definition) is 4. The third kappa shape index (κ3) is 10.8. The maximum Gasteiger partial charge on any atom is 0.308 e. The summed E-state index contributed by atoms with van der Waals surface area (Å²) >= 11 is 0. The Hall–Kier alpha value is -1.58. The molecular weight excluding hydrogens is 268 g/mol. The zero-order valence-electron chi connectivity index (χ0n) is 13.9. The molecule has 0 aromatic heterocycles. The van der Waals surface area contributed by atoms with Gasteiger partial charge >= 0.3 is 11.9 Å². The molecule has 0 N–H and O–H groups in total. The van der Waals surface area contributed by atoms with E-state index in [4.69, 9.17) is 9.47 Å². The van der Waals surface area contributed by atoms with Crippen LogP contribution in [0.2, 0.25) is 0 Å². The Labute approximate surface area is 128 Å². The quantitative estimate of drug-likeness (QED) is 0.479. The molecule has 0 radical (unpaired) electrons. The van der Waals surface area contributed by atoms with Crippen LogP contribution >= 0.6 is 0 Å². The molecule has 0 spiro atoms. The van der Waals surface area contributed by atoms with Gasteiger partial charge in [0.2, 0.25) is 0 Å². The van der Waals surface area contributed by atoms with Crippen LogP contribution in [0.25, 0.3) is 0 Å². The third-order valence-electron chi connectivity index (χ3n) is 3.21. The standard InChI is InChI=1S/C17H28O4/c1-6-15(4)17(19)21-12-14(3)9-7-8-13(2)10-11-20-16(5)18/h9-10,15H,6-8,11-12H2,1-5H3/b13-10+,14-9-/t15-/m1/s1. The number of ether oxygens (including phenoxy) is 2. The Morgan fingerprint density at radius 3 is 2.29 bits per heavy atom. The minimum absolute atomic E-state index is 0.0377. The Balaban J connectivity index is 3.96. The molecule has 0 saturated carbocycles. The SMILES string of the molecule is CC[C@@H](C)C(=O)OC/C(C)=C\CC/C(C)=C/COC(C)=O. The molecule has 0 aliphatic carbocycles. The van der Waals surface area contributed by atoms with Crippen molar-refractivity contribution < 1.29 is 19.1 Å². The molecule has 4 nitrogen and oxygen atoms in total. The zero-order chi connectivity index (χ0) is 16.3. The maximum atomic E-state index is 11.5. The van der Waals surface area contributed by atoms with Crippen molar-refractivity contribution in [3.63, 3.8) is 0 Å². The summed E-state index contributed by atoms with van der Waals surface area (Å²) in [5.74, 6) is -0.440. The zero-order valence-corrected chi connectivity index (χ0v) is 13.9. The van der Waals surface area contributed by atoms with Crippen molar-refractivity contribution in [3.05, 3.63) is 23.3 Å². The van der Waals surface area contributed by atoms with Crippen molar-refractivity contribution in [1.29, 1.82) is 0 Å². The van der Waals surface area contributed by atoms with E-state index in [1.54, 1.807) is 0 Å². The highest BCUT2D eigenvalue weighted by molar-refractivity contribution is 5.72. The van der Waals surface area contributed by atoms with Crippen molar-refractivity contribution in [2.24, 2.45) is 5.92 Å². The van der Waals surface area contributed by atoms with Crippen LogP contribution in [-0.2, 0) is 19.1 Å². The van der Waals surface area contributed by atoms with Crippen LogP contribution in [0.3, 0.4) is 0 Å². The summed E-state index contributed by atoms with van der Waals surface area (Å²) in [7, 11) is 0. The number of carbonyl (C=O) groups excluding carboxylic acids is 2. The van der Waals surface area contributed by atoms with Gasteiger partial charge in [0, 0.05) is 6.92 Å². The van der Waals surface area contributed by atoms with Gasteiger partial charge in [-0.05, 0) is 44.8 Å². The second-order valence-electron chi connectivity index (χ2n) is 5.36. The van der Waals surface area contributed by atoms with Gasteiger partial charge in [-0.25, -0.2) is 0 Å². The topological polar surface area (TPSA) is 52.6 Å². The molecule has 0 bridgehead atoms. The van der Waals surface area contributed by atoms with Gasteiger partial charge in [0.25, 0.3) is 0 Å². The molecule has 0 amide bonds. The van der Waals surface area contributed by atoms with E-state index in [1.807, 2.05) is 33.8 Å². The first kappa shape index (κ1) is 19.4. The summed E-state index contributed by atoms with van der Waals surface area (Å²) in [6.07, 6.45) is 6.57. The van der Waals surface area contributed by atoms with Crippen molar-refractivity contribution in [3.8, 4) is 0 Å². The molecular formula is C17H28O4. The predicted octanol–water partition coefficient (Wildman–Crippen LogP) is 3.81. The highest BCUT2D eigenvalue weighted by atomic mass is 16.5. The molecule has 0 aromatic carbocycles. The molecule has 0 heterocycles. The summed E-state index contributed by atoms with van der Waals surface area (Å²) in [4.78, 5) is 22.2. The van der Waals surface area contributed by atoms with Crippen molar-refractivity contribution in [2.75, 3.05) is 13.2 Å². The number of esters is 2. The monoisotopic (exact) mass is 296 g/mol. The molecule has 0 saturated heterocycles. The summed E-state index contributed by atoms with van der Waals surface area (Å²) in [6, 6.07) is 0. The van der Waals surface area contributed by atoms with Gasteiger partial charge in [-0.3, -0.25) is 9.59 Å². The molecule has 0 aliphatic heterocycles. The summed E-state index contributed by atoms with van der Waals surface area (Å²) in [5, 5.41) is 0. The van der Waals surface area contributed by atoms with Crippen LogP contribution in [0, 0.1) is 5.92 Å². The molecule has 0 rings (SSSR count).